The molecule has 1 fully saturated rings. The Morgan fingerprint density at radius 3 is 2.58 bits per heavy atom. The van der Waals surface area contributed by atoms with Gasteiger partial charge < -0.3 is 20.5 Å². The first-order valence-electron chi connectivity index (χ1n) is 6.92. The third kappa shape index (κ3) is 5.44. The summed E-state index contributed by atoms with van der Waals surface area (Å²) in [6.07, 6.45) is 0.110. The number of hydrogen-bond donors (Lipinski definition) is 2. The van der Waals surface area contributed by atoms with E-state index >= 15 is 0 Å². The summed E-state index contributed by atoms with van der Waals surface area (Å²) in [6.45, 7) is 7.90. The molecule has 19 heavy (non-hydrogen) atoms. The summed E-state index contributed by atoms with van der Waals surface area (Å²) >= 11 is 0. The van der Waals surface area contributed by atoms with E-state index in [9.17, 15) is 4.79 Å². The lowest BCUT2D eigenvalue weighted by Crippen LogP contribution is -2.52. The van der Waals surface area contributed by atoms with E-state index in [-0.39, 0.29) is 18.1 Å². The SMILES string of the molecule is COC(CN)CC(=O)NC(C)C(C)N1CCOCC1. The van der Waals surface area contributed by atoms with Crippen LogP contribution in [0.15, 0.2) is 0 Å². The van der Waals surface area contributed by atoms with E-state index in [1.165, 1.54) is 0 Å². The number of amides is 1. The monoisotopic (exact) mass is 273 g/mol. The highest BCUT2D eigenvalue weighted by atomic mass is 16.5. The molecule has 3 atom stereocenters. The maximum atomic E-state index is 11.9. The van der Waals surface area contributed by atoms with Crippen molar-refractivity contribution in [2.45, 2.75) is 38.5 Å². The second-order valence-corrected chi connectivity index (χ2v) is 5.04. The summed E-state index contributed by atoms with van der Waals surface area (Å²) in [6, 6.07) is 0.396. The lowest BCUT2D eigenvalue weighted by Gasteiger charge is -2.36. The highest BCUT2D eigenvalue weighted by molar-refractivity contribution is 5.76. The van der Waals surface area contributed by atoms with Gasteiger partial charge in [0.15, 0.2) is 0 Å². The minimum absolute atomic E-state index is 0.00934. The van der Waals surface area contributed by atoms with Crippen molar-refractivity contribution in [1.29, 1.82) is 0 Å². The molecule has 3 unspecified atom stereocenters. The van der Waals surface area contributed by atoms with Crippen LogP contribution in [0.1, 0.15) is 20.3 Å². The van der Waals surface area contributed by atoms with Gasteiger partial charge in [-0.3, -0.25) is 9.69 Å². The molecule has 0 bridgehead atoms. The molecule has 1 amide bonds. The molecule has 3 N–H and O–H groups in total. The predicted octanol–water partition coefficient (Wildman–Crippen LogP) is -0.424. The maximum absolute atomic E-state index is 11.9. The standard InChI is InChI=1S/C13H27N3O3/c1-10(11(2)16-4-6-19-7-5-16)15-13(17)8-12(9-14)18-3/h10-12H,4-9,14H2,1-3H3,(H,15,17). The highest BCUT2D eigenvalue weighted by Gasteiger charge is 2.23. The van der Waals surface area contributed by atoms with Gasteiger partial charge in [0.25, 0.3) is 0 Å². The zero-order valence-electron chi connectivity index (χ0n) is 12.2. The first kappa shape index (κ1) is 16.4. The molecule has 112 valence electrons. The molecule has 0 aromatic heterocycles. The Balaban J connectivity index is 2.35. The summed E-state index contributed by atoms with van der Waals surface area (Å²) in [5, 5.41) is 3.02. The zero-order chi connectivity index (χ0) is 14.3. The van der Waals surface area contributed by atoms with Crippen LogP contribution in [0.5, 0.6) is 0 Å². The minimum Gasteiger partial charge on any atom is -0.380 e. The van der Waals surface area contributed by atoms with Crippen LogP contribution in [0.2, 0.25) is 0 Å². The Kier molecular flexibility index (Phi) is 7.30. The van der Waals surface area contributed by atoms with Crippen molar-refractivity contribution in [3.8, 4) is 0 Å². The summed E-state index contributed by atoms with van der Waals surface area (Å²) in [5.41, 5.74) is 5.51. The van der Waals surface area contributed by atoms with Crippen LogP contribution in [-0.4, -0.2) is 69.0 Å². The minimum atomic E-state index is -0.203. The molecular weight excluding hydrogens is 246 g/mol. The number of nitrogens with two attached hydrogens (primary N) is 1. The number of hydrogen-bond acceptors (Lipinski definition) is 5. The fourth-order valence-electron chi connectivity index (χ4n) is 2.20. The molecule has 0 aromatic carbocycles. The van der Waals surface area contributed by atoms with E-state index in [4.69, 9.17) is 15.2 Å². The van der Waals surface area contributed by atoms with Gasteiger partial charge in [-0.1, -0.05) is 0 Å². The van der Waals surface area contributed by atoms with Crippen molar-refractivity contribution < 1.29 is 14.3 Å². The molecule has 0 saturated carbocycles. The van der Waals surface area contributed by atoms with Crippen molar-refractivity contribution in [3.05, 3.63) is 0 Å². The molecule has 0 aliphatic carbocycles. The van der Waals surface area contributed by atoms with E-state index in [0.29, 0.717) is 19.0 Å². The molecular formula is C13H27N3O3. The van der Waals surface area contributed by atoms with Gasteiger partial charge in [-0.05, 0) is 13.8 Å². The van der Waals surface area contributed by atoms with Crippen LogP contribution in [0.25, 0.3) is 0 Å². The molecule has 1 saturated heterocycles. The molecule has 1 heterocycles. The fraction of sp³-hybridized carbons (Fsp3) is 0.923. The van der Waals surface area contributed by atoms with Gasteiger partial charge in [-0.15, -0.1) is 0 Å². The van der Waals surface area contributed by atoms with Gasteiger partial charge in [0, 0.05) is 38.8 Å². The van der Waals surface area contributed by atoms with E-state index in [0.717, 1.165) is 26.3 Å². The molecule has 1 rings (SSSR count). The van der Waals surface area contributed by atoms with Crippen molar-refractivity contribution in [3.63, 3.8) is 0 Å². The van der Waals surface area contributed by atoms with E-state index in [1.54, 1.807) is 7.11 Å². The van der Waals surface area contributed by atoms with Crippen LogP contribution >= 0.6 is 0 Å². The average Bonchev–Trinajstić information content (AvgIpc) is 2.44. The molecule has 1 aliphatic rings. The number of carbonyl (C=O) groups excluding carboxylic acids is 1. The second kappa shape index (κ2) is 8.47. The average molecular weight is 273 g/mol. The van der Waals surface area contributed by atoms with E-state index < -0.39 is 0 Å². The molecule has 0 radical (unpaired) electrons. The Morgan fingerprint density at radius 1 is 1.42 bits per heavy atom. The molecule has 1 aliphatic heterocycles. The van der Waals surface area contributed by atoms with Crippen molar-refractivity contribution in [2.24, 2.45) is 5.73 Å². The number of nitrogens with one attached hydrogen (secondary N) is 1. The molecule has 0 spiro atoms. The van der Waals surface area contributed by atoms with Crippen LogP contribution in [0.4, 0.5) is 0 Å². The van der Waals surface area contributed by atoms with Crippen molar-refractivity contribution in [2.75, 3.05) is 40.0 Å². The number of carbonyl (C=O) groups is 1. The van der Waals surface area contributed by atoms with Gasteiger partial charge in [0.2, 0.25) is 5.91 Å². The third-order valence-corrected chi connectivity index (χ3v) is 3.74. The topological polar surface area (TPSA) is 76.8 Å². The van der Waals surface area contributed by atoms with Crippen LogP contribution in [0, 0.1) is 0 Å². The summed E-state index contributed by atoms with van der Waals surface area (Å²) in [5.74, 6) is -0.00934. The lowest BCUT2D eigenvalue weighted by molar-refractivity contribution is -0.124. The third-order valence-electron chi connectivity index (χ3n) is 3.74. The Labute approximate surface area is 115 Å². The quantitative estimate of drug-likeness (QED) is 0.658. The van der Waals surface area contributed by atoms with Gasteiger partial charge in [0.05, 0.1) is 25.7 Å². The first-order valence-corrected chi connectivity index (χ1v) is 6.92. The Bertz CT molecular complexity index is 266. The molecule has 6 heteroatoms. The van der Waals surface area contributed by atoms with Crippen molar-refractivity contribution in [1.82, 2.24) is 10.2 Å². The predicted molar refractivity (Wildman–Crippen MR) is 73.9 cm³/mol. The maximum Gasteiger partial charge on any atom is 0.222 e. The van der Waals surface area contributed by atoms with Crippen LogP contribution in [-0.2, 0) is 14.3 Å². The lowest BCUT2D eigenvalue weighted by atomic mass is 10.1. The first-order chi connectivity index (χ1) is 9.08. The number of nitrogens with zero attached hydrogens (tertiary/aromatic N) is 1. The number of rotatable bonds is 7. The van der Waals surface area contributed by atoms with Crippen LogP contribution < -0.4 is 11.1 Å². The van der Waals surface area contributed by atoms with E-state index in [1.807, 2.05) is 6.92 Å². The van der Waals surface area contributed by atoms with Gasteiger partial charge >= 0.3 is 0 Å². The second-order valence-electron chi connectivity index (χ2n) is 5.04. The Hall–Kier alpha value is -0.690. The van der Waals surface area contributed by atoms with Gasteiger partial charge in [0.1, 0.15) is 0 Å². The van der Waals surface area contributed by atoms with Crippen molar-refractivity contribution >= 4 is 5.91 Å². The Morgan fingerprint density at radius 2 is 2.05 bits per heavy atom. The molecule has 0 aromatic rings. The van der Waals surface area contributed by atoms with Crippen LogP contribution in [0.3, 0.4) is 0 Å². The zero-order valence-corrected chi connectivity index (χ0v) is 12.2. The summed E-state index contributed by atoms with van der Waals surface area (Å²) in [7, 11) is 1.57. The van der Waals surface area contributed by atoms with Gasteiger partial charge in [-0.2, -0.15) is 0 Å². The highest BCUT2D eigenvalue weighted by Crippen LogP contribution is 2.08. The van der Waals surface area contributed by atoms with Gasteiger partial charge in [-0.25, -0.2) is 0 Å². The number of ether oxygens (including phenoxy) is 2. The summed E-state index contributed by atoms with van der Waals surface area (Å²) in [4.78, 5) is 14.2. The number of methoxy groups -OCH3 is 1. The van der Waals surface area contributed by atoms with E-state index in [2.05, 4.69) is 17.1 Å². The molecule has 6 nitrogen and oxygen atoms in total. The number of morpholine rings is 1. The fourth-order valence-corrected chi connectivity index (χ4v) is 2.20. The largest absolute Gasteiger partial charge is 0.380 e. The smallest absolute Gasteiger partial charge is 0.222 e. The normalized spacial score (nSPS) is 21.7. The summed E-state index contributed by atoms with van der Waals surface area (Å²) < 4.78 is 10.4.